The molecule has 1 amide bonds. The molecule has 0 unspecified atom stereocenters. The number of hydrogen-bond donors (Lipinski definition) is 3. The molecule has 3 N–H and O–H groups in total. The maximum atomic E-state index is 12.6. The minimum atomic E-state index is -0.376. The predicted octanol–water partition coefficient (Wildman–Crippen LogP) is 2.78. The summed E-state index contributed by atoms with van der Waals surface area (Å²) in [6.07, 6.45) is 1.54. The summed E-state index contributed by atoms with van der Waals surface area (Å²) < 4.78 is 1.80. The van der Waals surface area contributed by atoms with Crippen molar-refractivity contribution in [3.63, 3.8) is 0 Å². The lowest BCUT2D eigenvalue weighted by Gasteiger charge is -2.08. The van der Waals surface area contributed by atoms with Gasteiger partial charge in [-0.1, -0.05) is 44.2 Å². The number of rotatable bonds is 5. The van der Waals surface area contributed by atoms with Gasteiger partial charge in [0, 0.05) is 17.8 Å². The first kappa shape index (κ1) is 16.8. The third-order valence-corrected chi connectivity index (χ3v) is 3.96. The van der Waals surface area contributed by atoms with Crippen LogP contribution in [0.2, 0.25) is 0 Å². The highest BCUT2D eigenvalue weighted by Crippen LogP contribution is 2.23. The van der Waals surface area contributed by atoms with Crippen LogP contribution < -0.4 is 10.9 Å². The molecule has 0 fully saturated rings. The summed E-state index contributed by atoms with van der Waals surface area (Å²) in [6, 6.07) is 9.35. The summed E-state index contributed by atoms with van der Waals surface area (Å²) in [5.41, 5.74) is 2.42. The van der Waals surface area contributed by atoms with Crippen molar-refractivity contribution < 1.29 is 4.79 Å². The lowest BCUT2D eigenvalue weighted by Crippen LogP contribution is -2.18. The van der Waals surface area contributed by atoms with Crippen LogP contribution in [-0.4, -0.2) is 25.9 Å². The Morgan fingerprint density at radius 2 is 1.96 bits per heavy atom. The van der Waals surface area contributed by atoms with E-state index in [1.807, 2.05) is 37.3 Å². The molecule has 0 spiro atoms. The lowest BCUT2D eigenvalue weighted by molar-refractivity contribution is 0.102. The molecule has 0 aliphatic heterocycles. The van der Waals surface area contributed by atoms with Gasteiger partial charge in [-0.2, -0.15) is 5.10 Å². The van der Waals surface area contributed by atoms with Crippen molar-refractivity contribution in [2.24, 2.45) is 5.92 Å². The van der Waals surface area contributed by atoms with Crippen molar-refractivity contribution in [3.8, 4) is 11.3 Å². The monoisotopic (exact) mass is 339 g/mol. The number of aromatic amines is 2. The third-order valence-electron chi connectivity index (χ3n) is 3.96. The first-order chi connectivity index (χ1) is 12.0. The number of H-pyrrole nitrogens is 2. The summed E-state index contributed by atoms with van der Waals surface area (Å²) in [4.78, 5) is 24.7. The molecule has 0 radical (unpaired) electrons. The van der Waals surface area contributed by atoms with E-state index in [9.17, 15) is 9.59 Å². The second-order valence-corrected chi connectivity index (χ2v) is 6.37. The number of hydrogen-bond acceptors (Lipinski definition) is 3. The van der Waals surface area contributed by atoms with Crippen LogP contribution in [0.15, 0.2) is 41.3 Å². The average molecular weight is 339 g/mol. The molecule has 0 saturated carbocycles. The SMILES string of the molecule is Cc1c(C(=O)Nc2c(-c3ccccc3)[nH][nH]c2=O)cnn1CC(C)C. The molecular weight excluding hydrogens is 318 g/mol. The number of amides is 1. The lowest BCUT2D eigenvalue weighted by atomic mass is 10.1. The summed E-state index contributed by atoms with van der Waals surface area (Å²) in [5, 5.41) is 12.3. The van der Waals surface area contributed by atoms with Crippen molar-refractivity contribution in [1.29, 1.82) is 0 Å². The Kier molecular flexibility index (Phi) is 4.56. The second kappa shape index (κ2) is 6.80. The zero-order valence-corrected chi connectivity index (χ0v) is 14.5. The Hall–Kier alpha value is -3.09. The molecule has 0 aliphatic carbocycles. The van der Waals surface area contributed by atoms with Gasteiger partial charge in [-0.25, -0.2) is 0 Å². The first-order valence-electron chi connectivity index (χ1n) is 8.17. The molecule has 2 aromatic heterocycles. The van der Waals surface area contributed by atoms with Gasteiger partial charge in [0.05, 0.1) is 17.5 Å². The maximum absolute atomic E-state index is 12.6. The predicted molar refractivity (Wildman–Crippen MR) is 96.6 cm³/mol. The summed E-state index contributed by atoms with van der Waals surface area (Å²) in [5.74, 6) is 0.0708. The topological polar surface area (TPSA) is 95.6 Å². The molecule has 3 rings (SSSR count). The highest BCUT2D eigenvalue weighted by atomic mass is 16.2. The number of nitrogens with zero attached hydrogens (tertiary/aromatic N) is 2. The van der Waals surface area contributed by atoms with Gasteiger partial charge in [0.15, 0.2) is 0 Å². The van der Waals surface area contributed by atoms with Crippen molar-refractivity contribution in [3.05, 3.63) is 58.1 Å². The van der Waals surface area contributed by atoms with E-state index in [2.05, 4.69) is 34.5 Å². The normalized spacial score (nSPS) is 11.0. The molecule has 0 saturated heterocycles. The van der Waals surface area contributed by atoms with Crippen LogP contribution >= 0.6 is 0 Å². The van der Waals surface area contributed by atoms with E-state index in [0.717, 1.165) is 17.8 Å². The van der Waals surface area contributed by atoms with Crippen molar-refractivity contribution in [2.75, 3.05) is 5.32 Å². The van der Waals surface area contributed by atoms with Crippen LogP contribution in [0.1, 0.15) is 29.9 Å². The molecule has 7 nitrogen and oxygen atoms in total. The molecule has 2 heterocycles. The highest BCUT2D eigenvalue weighted by Gasteiger charge is 2.19. The Labute approximate surface area is 145 Å². The number of carbonyl (C=O) groups excluding carboxylic acids is 1. The van der Waals surface area contributed by atoms with E-state index >= 15 is 0 Å². The molecule has 0 bridgehead atoms. The molecule has 0 atom stereocenters. The maximum Gasteiger partial charge on any atom is 0.288 e. The minimum absolute atomic E-state index is 0.201. The van der Waals surface area contributed by atoms with Crippen molar-refractivity contribution >= 4 is 11.6 Å². The average Bonchev–Trinajstić information content (AvgIpc) is 3.12. The van der Waals surface area contributed by atoms with E-state index in [0.29, 0.717) is 17.2 Å². The number of nitrogens with one attached hydrogen (secondary N) is 3. The molecule has 130 valence electrons. The smallest absolute Gasteiger partial charge is 0.288 e. The Morgan fingerprint density at radius 1 is 1.24 bits per heavy atom. The van der Waals surface area contributed by atoms with Crippen LogP contribution in [0.5, 0.6) is 0 Å². The molecular formula is C18H21N5O2. The largest absolute Gasteiger partial charge is 0.315 e. The van der Waals surface area contributed by atoms with Crippen LogP contribution in [0.25, 0.3) is 11.3 Å². The minimum Gasteiger partial charge on any atom is -0.315 e. The zero-order valence-electron chi connectivity index (χ0n) is 14.5. The molecule has 3 aromatic rings. The van der Waals surface area contributed by atoms with Gasteiger partial charge in [-0.05, 0) is 12.8 Å². The quantitative estimate of drug-likeness (QED) is 0.667. The second-order valence-electron chi connectivity index (χ2n) is 6.37. The number of carbonyl (C=O) groups is 1. The van der Waals surface area contributed by atoms with Crippen LogP contribution in [0.3, 0.4) is 0 Å². The standard InChI is InChI=1S/C18H21N5O2/c1-11(2)10-23-12(3)14(9-19-23)17(24)20-16-15(21-22-18(16)25)13-7-5-4-6-8-13/h4-9,11H,10H2,1-3H3,(H,20,24)(H2,21,22,25). The third kappa shape index (κ3) is 3.40. The molecule has 25 heavy (non-hydrogen) atoms. The van der Waals surface area contributed by atoms with Gasteiger partial charge < -0.3 is 5.32 Å². The van der Waals surface area contributed by atoms with Crippen LogP contribution in [-0.2, 0) is 6.54 Å². The van der Waals surface area contributed by atoms with E-state index in [1.165, 1.54) is 6.20 Å². The first-order valence-corrected chi connectivity index (χ1v) is 8.17. The fourth-order valence-electron chi connectivity index (χ4n) is 2.68. The highest BCUT2D eigenvalue weighted by molar-refractivity contribution is 6.06. The summed E-state index contributed by atoms with van der Waals surface area (Å²) >= 11 is 0. The fourth-order valence-corrected chi connectivity index (χ4v) is 2.68. The van der Waals surface area contributed by atoms with Crippen molar-refractivity contribution in [1.82, 2.24) is 20.0 Å². The van der Waals surface area contributed by atoms with Crippen LogP contribution in [0, 0.1) is 12.8 Å². The number of aromatic nitrogens is 4. The Morgan fingerprint density at radius 3 is 2.64 bits per heavy atom. The van der Waals surface area contributed by atoms with Crippen LogP contribution in [0.4, 0.5) is 5.69 Å². The molecule has 0 aliphatic rings. The van der Waals surface area contributed by atoms with E-state index < -0.39 is 0 Å². The van der Waals surface area contributed by atoms with Gasteiger partial charge in [0.1, 0.15) is 5.69 Å². The zero-order chi connectivity index (χ0) is 18.0. The number of anilines is 1. The summed E-state index contributed by atoms with van der Waals surface area (Å²) in [6.45, 7) is 6.77. The van der Waals surface area contributed by atoms with Gasteiger partial charge in [0.2, 0.25) is 0 Å². The van der Waals surface area contributed by atoms with E-state index in [-0.39, 0.29) is 17.2 Å². The number of benzene rings is 1. The van der Waals surface area contributed by atoms with Gasteiger partial charge in [0.25, 0.3) is 11.5 Å². The van der Waals surface area contributed by atoms with Gasteiger partial charge >= 0.3 is 0 Å². The Bertz CT molecular complexity index is 934. The Balaban J connectivity index is 1.89. The fraction of sp³-hybridized carbons (Fsp3) is 0.278. The van der Waals surface area contributed by atoms with Gasteiger partial charge in [-0.3, -0.25) is 24.5 Å². The molecule has 7 heteroatoms. The molecule has 1 aromatic carbocycles. The van der Waals surface area contributed by atoms with Crippen molar-refractivity contribution in [2.45, 2.75) is 27.3 Å². The summed E-state index contributed by atoms with van der Waals surface area (Å²) in [7, 11) is 0. The van der Waals surface area contributed by atoms with E-state index in [4.69, 9.17) is 0 Å². The van der Waals surface area contributed by atoms with Gasteiger partial charge in [-0.15, -0.1) is 0 Å². The van der Waals surface area contributed by atoms with E-state index in [1.54, 1.807) is 4.68 Å².